The van der Waals surface area contributed by atoms with Gasteiger partial charge in [0.15, 0.2) is 0 Å². The normalized spacial score (nSPS) is 11.5. The highest BCUT2D eigenvalue weighted by Gasteiger charge is 2.17. The number of nitrogens with zero attached hydrogens (tertiary/aromatic N) is 2. The molecule has 0 aliphatic rings. The second-order valence-corrected chi connectivity index (χ2v) is 17.1. The Morgan fingerprint density at radius 2 is 0.500 bits per heavy atom. The third-order valence-electron chi connectivity index (χ3n) is 12.8. The van der Waals surface area contributed by atoms with E-state index in [0.717, 1.165) is 111 Å². The van der Waals surface area contributed by atoms with Gasteiger partial charge in [0.2, 0.25) is 0 Å². The van der Waals surface area contributed by atoms with Gasteiger partial charge in [-0.05, 0) is 156 Å². The molecule has 0 aliphatic heterocycles. The van der Waals surface area contributed by atoms with Crippen LogP contribution in [0.15, 0.2) is 239 Å². The fourth-order valence-electron chi connectivity index (χ4n) is 9.31. The number of hydrogen-bond acceptors (Lipinski definition) is 4. The summed E-state index contributed by atoms with van der Waals surface area (Å²) in [6, 6.07) is 82.4. The van der Waals surface area contributed by atoms with Crippen molar-refractivity contribution in [2.75, 3.05) is 9.80 Å². The van der Waals surface area contributed by atoms with Crippen molar-refractivity contribution >= 4 is 78.0 Å². The minimum Gasteiger partial charge on any atom is -0.456 e. The number of anilines is 6. The molecule has 0 fully saturated rings. The fourth-order valence-corrected chi connectivity index (χ4v) is 9.31. The zero-order chi connectivity index (χ0) is 44.1. The van der Waals surface area contributed by atoms with E-state index < -0.39 is 0 Å². The smallest absolute Gasteiger partial charge is 0.135 e. The minimum absolute atomic E-state index is 0.905. The van der Waals surface area contributed by atoms with Crippen molar-refractivity contribution in [1.82, 2.24) is 0 Å². The number of furan rings is 2. The topological polar surface area (TPSA) is 32.8 Å². The maximum Gasteiger partial charge on any atom is 0.135 e. The van der Waals surface area contributed by atoms with E-state index >= 15 is 0 Å². The molecule has 0 N–H and O–H groups in total. The van der Waals surface area contributed by atoms with E-state index in [2.05, 4.69) is 230 Å². The number of fused-ring (bicyclic) bond motifs is 6. The summed E-state index contributed by atoms with van der Waals surface area (Å²) in [4.78, 5) is 4.65. The average molecular weight is 849 g/mol. The quantitative estimate of drug-likeness (QED) is 0.145. The predicted octanol–water partition coefficient (Wildman–Crippen LogP) is 18.0. The summed E-state index contributed by atoms with van der Waals surface area (Å²) in [7, 11) is 0. The first-order valence-corrected chi connectivity index (χ1v) is 22.5. The first kappa shape index (κ1) is 39.0. The van der Waals surface area contributed by atoms with Crippen LogP contribution in [0.4, 0.5) is 34.1 Å². The zero-order valence-corrected chi connectivity index (χ0v) is 36.7. The van der Waals surface area contributed by atoms with Crippen LogP contribution in [0, 0.1) is 13.8 Å². The Kier molecular flexibility index (Phi) is 9.57. The molecule has 0 bridgehead atoms. The van der Waals surface area contributed by atoms with Crippen LogP contribution >= 0.6 is 0 Å². The van der Waals surface area contributed by atoms with Crippen LogP contribution in [0.3, 0.4) is 0 Å². The van der Waals surface area contributed by atoms with Crippen LogP contribution in [0.2, 0.25) is 0 Å². The zero-order valence-electron chi connectivity index (χ0n) is 36.7. The van der Waals surface area contributed by atoms with Gasteiger partial charge < -0.3 is 18.6 Å². The van der Waals surface area contributed by atoms with Crippen molar-refractivity contribution in [3.63, 3.8) is 0 Å². The van der Waals surface area contributed by atoms with Gasteiger partial charge in [-0.3, -0.25) is 0 Å². The molecular weight excluding hydrogens is 805 g/mol. The Morgan fingerprint density at radius 1 is 0.242 bits per heavy atom. The van der Waals surface area contributed by atoms with Gasteiger partial charge in [-0.2, -0.15) is 0 Å². The third-order valence-corrected chi connectivity index (χ3v) is 12.8. The number of benzene rings is 10. The maximum absolute atomic E-state index is 6.11. The van der Waals surface area contributed by atoms with E-state index in [0.29, 0.717) is 0 Å². The summed E-state index contributed by atoms with van der Waals surface area (Å²) in [5, 5.41) is 4.53. The highest BCUT2D eigenvalue weighted by molar-refractivity contribution is 6.07. The predicted molar refractivity (Wildman–Crippen MR) is 276 cm³/mol. The van der Waals surface area contributed by atoms with Crippen LogP contribution in [0.1, 0.15) is 11.1 Å². The Hall–Kier alpha value is -8.60. The van der Waals surface area contributed by atoms with E-state index in [9.17, 15) is 0 Å². The Labute approximate surface area is 383 Å². The minimum atomic E-state index is 0.905. The SMILES string of the molecule is Cc1ccc(N(c2ccc(-c3ccc(N(c4ccc(C)cc4)c4ccc(-c5ccc6oc7ccccc7c6c5)cc4)cc3)cc2)c2ccc(-c3ccc4oc5ccccc5c4c3)cc2)cc1. The molecular formula is C62H44N2O2. The maximum atomic E-state index is 6.11. The molecule has 2 aromatic heterocycles. The van der Waals surface area contributed by atoms with Gasteiger partial charge in [0, 0.05) is 55.7 Å². The van der Waals surface area contributed by atoms with Crippen molar-refractivity contribution in [2.24, 2.45) is 0 Å². The van der Waals surface area contributed by atoms with E-state index in [1.165, 1.54) is 11.1 Å². The Bertz CT molecular complexity index is 3430. The van der Waals surface area contributed by atoms with Gasteiger partial charge >= 0.3 is 0 Å². The van der Waals surface area contributed by atoms with Crippen LogP contribution in [-0.4, -0.2) is 0 Å². The molecule has 0 amide bonds. The number of hydrogen-bond donors (Lipinski definition) is 0. The molecule has 0 radical (unpaired) electrons. The standard InChI is InChI=1S/C62H44N2O2/c1-41-11-25-49(26-12-41)63(53-33-19-45(20-34-53)47-23-37-61-57(39-47)55-7-3-5-9-59(55)65-61)51-29-15-43(16-30-51)44-17-31-52(32-18-44)64(50-27-13-42(2)14-28-50)54-35-21-46(22-36-54)48-24-38-62-58(40-48)56-8-4-6-10-60(56)66-62/h3-40H,1-2H3. The van der Waals surface area contributed by atoms with Gasteiger partial charge in [-0.1, -0.05) is 132 Å². The summed E-state index contributed by atoms with van der Waals surface area (Å²) in [5.41, 5.74) is 19.6. The molecule has 2 heterocycles. The largest absolute Gasteiger partial charge is 0.456 e. The first-order chi connectivity index (χ1) is 32.5. The summed E-state index contributed by atoms with van der Waals surface area (Å²) >= 11 is 0. The van der Waals surface area contributed by atoms with Crippen LogP contribution in [0.5, 0.6) is 0 Å². The molecule has 0 spiro atoms. The van der Waals surface area contributed by atoms with Crippen LogP contribution in [0.25, 0.3) is 77.3 Å². The number of rotatable bonds is 9. The lowest BCUT2D eigenvalue weighted by molar-refractivity contribution is 0.668. The van der Waals surface area contributed by atoms with Gasteiger partial charge in [0.25, 0.3) is 0 Å². The van der Waals surface area contributed by atoms with Crippen molar-refractivity contribution in [2.45, 2.75) is 13.8 Å². The third kappa shape index (κ3) is 7.15. The molecule has 4 heteroatoms. The molecule has 314 valence electrons. The van der Waals surface area contributed by atoms with E-state index in [1.807, 2.05) is 24.3 Å². The molecule has 0 unspecified atom stereocenters. The Balaban J connectivity index is 0.829. The van der Waals surface area contributed by atoms with Gasteiger partial charge in [0.05, 0.1) is 0 Å². The lowest BCUT2D eigenvalue weighted by atomic mass is 10.0. The summed E-state index contributed by atoms with van der Waals surface area (Å²) in [6.07, 6.45) is 0. The molecule has 4 nitrogen and oxygen atoms in total. The molecule has 10 aromatic carbocycles. The second kappa shape index (κ2) is 16.2. The van der Waals surface area contributed by atoms with Gasteiger partial charge in [0.1, 0.15) is 22.3 Å². The Morgan fingerprint density at radius 3 is 0.833 bits per heavy atom. The highest BCUT2D eigenvalue weighted by atomic mass is 16.3. The average Bonchev–Trinajstić information content (AvgIpc) is 3.94. The van der Waals surface area contributed by atoms with Crippen LogP contribution < -0.4 is 9.80 Å². The highest BCUT2D eigenvalue weighted by Crippen LogP contribution is 2.41. The number of para-hydroxylation sites is 2. The lowest BCUT2D eigenvalue weighted by Gasteiger charge is -2.26. The molecule has 12 aromatic rings. The van der Waals surface area contributed by atoms with Gasteiger partial charge in [-0.25, -0.2) is 0 Å². The molecule has 0 saturated heterocycles. The van der Waals surface area contributed by atoms with Crippen molar-refractivity contribution in [3.8, 4) is 33.4 Å². The fraction of sp³-hybridized carbons (Fsp3) is 0.0323. The van der Waals surface area contributed by atoms with Gasteiger partial charge in [-0.15, -0.1) is 0 Å². The first-order valence-electron chi connectivity index (χ1n) is 22.5. The van der Waals surface area contributed by atoms with E-state index in [4.69, 9.17) is 8.83 Å². The molecule has 0 atom stereocenters. The molecule has 12 rings (SSSR count). The summed E-state index contributed by atoms with van der Waals surface area (Å²) < 4.78 is 12.2. The molecule has 0 aliphatic carbocycles. The van der Waals surface area contributed by atoms with E-state index in [1.54, 1.807) is 0 Å². The van der Waals surface area contributed by atoms with Crippen molar-refractivity contribution < 1.29 is 8.83 Å². The van der Waals surface area contributed by atoms with Crippen LogP contribution in [-0.2, 0) is 0 Å². The monoisotopic (exact) mass is 848 g/mol. The molecule has 66 heavy (non-hydrogen) atoms. The van der Waals surface area contributed by atoms with Crippen molar-refractivity contribution in [1.29, 1.82) is 0 Å². The van der Waals surface area contributed by atoms with Crippen molar-refractivity contribution in [3.05, 3.63) is 242 Å². The number of aryl methyl sites for hydroxylation is 2. The molecule has 0 saturated carbocycles. The summed E-state index contributed by atoms with van der Waals surface area (Å²) in [5.74, 6) is 0. The van der Waals surface area contributed by atoms with E-state index in [-0.39, 0.29) is 0 Å². The second-order valence-electron chi connectivity index (χ2n) is 17.1. The lowest BCUT2D eigenvalue weighted by Crippen LogP contribution is -2.10. The summed E-state index contributed by atoms with van der Waals surface area (Å²) in [6.45, 7) is 4.26.